The predicted molar refractivity (Wildman–Crippen MR) is 105 cm³/mol. The van der Waals surface area contributed by atoms with Crippen LogP contribution in [0.15, 0.2) is 42.7 Å². The van der Waals surface area contributed by atoms with Crippen LogP contribution in [0, 0.1) is 0 Å². The number of rotatable bonds is 7. The molecule has 1 aliphatic carbocycles. The van der Waals surface area contributed by atoms with Crippen LogP contribution in [0.25, 0.3) is 0 Å². The Morgan fingerprint density at radius 3 is 2.52 bits per heavy atom. The second kappa shape index (κ2) is 8.56. The van der Waals surface area contributed by atoms with E-state index in [9.17, 15) is 31.1 Å². The first-order valence-corrected chi connectivity index (χ1v) is 10.1. The van der Waals surface area contributed by atoms with Crippen molar-refractivity contribution >= 4 is 11.6 Å². The molecule has 1 fully saturated rings. The molecule has 1 saturated carbocycles. The Hall–Kier alpha value is -3.31. The summed E-state index contributed by atoms with van der Waals surface area (Å²) in [5, 5.41) is 10.2. The van der Waals surface area contributed by atoms with E-state index >= 15 is 0 Å². The Balaban J connectivity index is 1.35. The molecule has 33 heavy (non-hydrogen) atoms. The molecule has 6 nitrogen and oxygen atoms in total. The number of aryl methyl sites for hydroxylation is 1. The fourth-order valence-corrected chi connectivity index (χ4v) is 3.44. The van der Waals surface area contributed by atoms with Crippen molar-refractivity contribution in [3.63, 3.8) is 0 Å². The smallest absolute Gasteiger partial charge is 0.323 e. The topological polar surface area (TPSA) is 64.7 Å². The third kappa shape index (κ3) is 5.74. The van der Waals surface area contributed by atoms with Crippen molar-refractivity contribution in [1.29, 1.82) is 0 Å². The van der Waals surface area contributed by atoms with Crippen LogP contribution in [-0.2, 0) is 30.2 Å². The Kier molecular flexibility index (Phi) is 5.93. The lowest BCUT2D eigenvalue weighted by atomic mass is 10.1. The molecular formula is C21H19F6N5O. The third-order valence-corrected chi connectivity index (χ3v) is 5.16. The number of alkyl halides is 6. The van der Waals surface area contributed by atoms with Crippen molar-refractivity contribution in [2.75, 3.05) is 5.32 Å². The maximum atomic E-state index is 13.0. The number of aromatic nitrogens is 4. The van der Waals surface area contributed by atoms with E-state index < -0.39 is 29.5 Å². The van der Waals surface area contributed by atoms with E-state index in [1.807, 2.05) is 0 Å². The van der Waals surface area contributed by atoms with E-state index in [1.165, 1.54) is 33.9 Å². The van der Waals surface area contributed by atoms with Gasteiger partial charge < -0.3 is 5.32 Å². The highest BCUT2D eigenvalue weighted by molar-refractivity contribution is 5.90. The van der Waals surface area contributed by atoms with Crippen LogP contribution < -0.4 is 5.32 Å². The molecule has 1 aromatic carbocycles. The predicted octanol–water partition coefficient (Wildman–Crippen LogP) is 5.07. The molecule has 3 aromatic rings. The monoisotopic (exact) mass is 471 g/mol. The lowest BCUT2D eigenvalue weighted by Gasteiger charge is -2.09. The van der Waals surface area contributed by atoms with Gasteiger partial charge in [0.2, 0.25) is 5.91 Å². The number of carbonyl (C=O) groups is 1. The Bertz CT molecular complexity index is 1140. The van der Waals surface area contributed by atoms with Crippen molar-refractivity contribution < 1.29 is 31.1 Å². The van der Waals surface area contributed by atoms with Crippen molar-refractivity contribution in [1.82, 2.24) is 19.6 Å². The number of amides is 1. The molecule has 0 spiro atoms. The van der Waals surface area contributed by atoms with Gasteiger partial charge in [-0.05, 0) is 36.6 Å². The lowest BCUT2D eigenvalue weighted by molar-refractivity contribution is -0.141. The van der Waals surface area contributed by atoms with E-state index in [0.29, 0.717) is 16.9 Å². The van der Waals surface area contributed by atoms with Gasteiger partial charge >= 0.3 is 12.4 Å². The normalized spacial score (nSPS) is 14.5. The highest BCUT2D eigenvalue weighted by Crippen LogP contribution is 2.42. The first-order chi connectivity index (χ1) is 15.5. The number of benzene rings is 1. The largest absolute Gasteiger partial charge is 0.435 e. The summed E-state index contributed by atoms with van der Waals surface area (Å²) < 4.78 is 80.1. The van der Waals surface area contributed by atoms with Crippen LogP contribution in [0.1, 0.15) is 47.7 Å². The summed E-state index contributed by atoms with van der Waals surface area (Å²) in [6, 6.07) is 5.87. The van der Waals surface area contributed by atoms with Crippen molar-refractivity contribution in [2.24, 2.45) is 0 Å². The van der Waals surface area contributed by atoms with Gasteiger partial charge in [0.1, 0.15) is 0 Å². The number of halogens is 6. The van der Waals surface area contributed by atoms with Crippen molar-refractivity contribution in [2.45, 2.75) is 50.6 Å². The van der Waals surface area contributed by atoms with Gasteiger partial charge in [-0.2, -0.15) is 36.5 Å². The quantitative estimate of drug-likeness (QED) is 0.490. The van der Waals surface area contributed by atoms with Crippen LogP contribution in [0.4, 0.5) is 32.0 Å². The SMILES string of the molecule is O=C(CCn1nc(C(F)(F)F)cc1C1CC1)Nc1cnn(Cc2cccc(C(F)(F)F)c2)c1. The number of nitrogens with zero attached hydrogens (tertiary/aromatic N) is 4. The number of nitrogens with one attached hydrogen (secondary N) is 1. The molecule has 4 rings (SSSR count). The number of hydrogen-bond donors (Lipinski definition) is 1. The Morgan fingerprint density at radius 1 is 1.09 bits per heavy atom. The standard InChI is InChI=1S/C21H19F6N5O/c22-20(23,24)15-3-1-2-13(8-15)11-31-12-16(10-28-31)29-19(33)6-7-32-17(14-4-5-14)9-18(30-32)21(25,26)27/h1-3,8-10,12,14H,4-7,11H2,(H,29,33). The highest BCUT2D eigenvalue weighted by atomic mass is 19.4. The van der Waals surface area contributed by atoms with Crippen LogP contribution in [0.3, 0.4) is 0 Å². The summed E-state index contributed by atoms with van der Waals surface area (Å²) in [6.07, 6.45) is -4.71. The molecule has 0 radical (unpaired) electrons. The maximum Gasteiger partial charge on any atom is 0.435 e. The molecule has 12 heteroatoms. The van der Waals surface area contributed by atoms with Gasteiger partial charge in [0.25, 0.3) is 0 Å². The molecule has 0 unspecified atom stereocenters. The second-order valence-electron chi connectivity index (χ2n) is 7.87. The Labute approximate surface area is 184 Å². The molecule has 0 saturated heterocycles. The van der Waals surface area contributed by atoms with Gasteiger partial charge in [0.15, 0.2) is 5.69 Å². The molecule has 176 valence electrons. The fraction of sp³-hybridized carbons (Fsp3) is 0.381. The van der Waals surface area contributed by atoms with Crippen LogP contribution in [0.2, 0.25) is 0 Å². The van der Waals surface area contributed by atoms with Crippen molar-refractivity contribution in [3.8, 4) is 0 Å². The van der Waals surface area contributed by atoms with Crippen molar-refractivity contribution in [3.05, 3.63) is 65.2 Å². The Morgan fingerprint density at radius 2 is 1.85 bits per heavy atom. The van der Waals surface area contributed by atoms with E-state index in [4.69, 9.17) is 0 Å². The first-order valence-electron chi connectivity index (χ1n) is 10.1. The lowest BCUT2D eigenvalue weighted by Crippen LogP contribution is -2.16. The summed E-state index contributed by atoms with van der Waals surface area (Å²) in [6.45, 7) is 0.0597. The average Bonchev–Trinajstić information content (AvgIpc) is 3.32. The van der Waals surface area contributed by atoms with E-state index in [2.05, 4.69) is 15.5 Å². The molecule has 0 aliphatic heterocycles. The number of anilines is 1. The molecule has 1 amide bonds. The summed E-state index contributed by atoms with van der Waals surface area (Å²) in [5.41, 5.74) is -0.549. The third-order valence-electron chi connectivity index (χ3n) is 5.16. The van der Waals surface area contributed by atoms with E-state index in [-0.39, 0.29) is 25.4 Å². The van der Waals surface area contributed by atoms with Gasteiger partial charge in [0.05, 0.1) is 24.0 Å². The van der Waals surface area contributed by atoms with Gasteiger partial charge in [-0.3, -0.25) is 14.2 Å². The van der Waals surface area contributed by atoms with Gasteiger partial charge in [-0.1, -0.05) is 12.1 Å². The van der Waals surface area contributed by atoms with Gasteiger partial charge in [-0.15, -0.1) is 0 Å². The average molecular weight is 471 g/mol. The maximum absolute atomic E-state index is 13.0. The molecule has 1 aliphatic rings. The van der Waals surface area contributed by atoms with Gasteiger partial charge in [0, 0.05) is 30.8 Å². The molecular weight excluding hydrogens is 452 g/mol. The summed E-state index contributed by atoms with van der Waals surface area (Å²) in [7, 11) is 0. The minimum absolute atomic E-state index is 0.00782. The molecule has 1 N–H and O–H groups in total. The minimum Gasteiger partial charge on any atom is -0.323 e. The number of carbonyl (C=O) groups excluding carboxylic acids is 1. The highest BCUT2D eigenvalue weighted by Gasteiger charge is 2.37. The minimum atomic E-state index is -4.55. The molecule has 2 heterocycles. The van der Waals surface area contributed by atoms with Crippen LogP contribution >= 0.6 is 0 Å². The zero-order valence-electron chi connectivity index (χ0n) is 17.1. The van der Waals surface area contributed by atoms with E-state index in [0.717, 1.165) is 31.0 Å². The molecule has 0 atom stereocenters. The zero-order valence-corrected chi connectivity index (χ0v) is 17.1. The summed E-state index contributed by atoms with van der Waals surface area (Å²) in [4.78, 5) is 12.3. The zero-order chi connectivity index (χ0) is 23.8. The second-order valence-corrected chi connectivity index (χ2v) is 7.87. The molecule has 2 aromatic heterocycles. The fourth-order valence-electron chi connectivity index (χ4n) is 3.44. The van der Waals surface area contributed by atoms with Crippen LogP contribution in [0.5, 0.6) is 0 Å². The van der Waals surface area contributed by atoms with Gasteiger partial charge in [-0.25, -0.2) is 0 Å². The molecule has 0 bridgehead atoms. The summed E-state index contributed by atoms with van der Waals surface area (Å²) >= 11 is 0. The first kappa shape index (κ1) is 22.9. The number of hydrogen-bond acceptors (Lipinski definition) is 3. The summed E-state index contributed by atoms with van der Waals surface area (Å²) in [5.74, 6) is -0.412. The van der Waals surface area contributed by atoms with E-state index in [1.54, 1.807) is 0 Å². The van der Waals surface area contributed by atoms with Crippen LogP contribution in [-0.4, -0.2) is 25.5 Å².